The first-order valence-electron chi connectivity index (χ1n) is 4.62. The van der Waals surface area contributed by atoms with Crippen LogP contribution in [0, 0.1) is 5.82 Å². The fourth-order valence-electron chi connectivity index (χ4n) is 1.13. The second-order valence-corrected chi connectivity index (χ2v) is 3.91. The van der Waals surface area contributed by atoms with E-state index in [1.807, 2.05) is 13.8 Å². The highest BCUT2D eigenvalue weighted by molar-refractivity contribution is 5.41. The van der Waals surface area contributed by atoms with Crippen LogP contribution in [0.5, 0.6) is 0 Å². The molecule has 15 heavy (non-hydrogen) atoms. The van der Waals surface area contributed by atoms with Crippen LogP contribution >= 0.6 is 0 Å². The van der Waals surface area contributed by atoms with Gasteiger partial charge in [0.15, 0.2) is 11.6 Å². The monoisotopic (exact) mass is 214 g/mol. The van der Waals surface area contributed by atoms with Crippen molar-refractivity contribution in [3.05, 3.63) is 12.0 Å². The van der Waals surface area contributed by atoms with Crippen molar-refractivity contribution in [1.82, 2.24) is 9.97 Å². The van der Waals surface area contributed by atoms with E-state index in [4.69, 9.17) is 10.8 Å². The Hall–Kier alpha value is -1.43. The van der Waals surface area contributed by atoms with Crippen molar-refractivity contribution in [2.24, 2.45) is 0 Å². The minimum absolute atomic E-state index is 0.0127. The predicted molar refractivity (Wildman–Crippen MR) is 55.8 cm³/mol. The van der Waals surface area contributed by atoms with E-state index in [0.29, 0.717) is 6.42 Å². The summed E-state index contributed by atoms with van der Waals surface area (Å²) in [6, 6.07) is 0. The summed E-state index contributed by atoms with van der Waals surface area (Å²) in [5.74, 6) is -0.491. The zero-order chi connectivity index (χ0) is 11.5. The first kappa shape index (κ1) is 11.6. The number of nitrogens with zero attached hydrogens (tertiary/aromatic N) is 2. The van der Waals surface area contributed by atoms with Gasteiger partial charge in [-0.1, -0.05) is 0 Å². The number of nitrogens with two attached hydrogens (primary N) is 1. The lowest BCUT2D eigenvalue weighted by atomic mass is 10.0. The Kier molecular flexibility index (Phi) is 3.41. The second kappa shape index (κ2) is 4.39. The van der Waals surface area contributed by atoms with E-state index >= 15 is 0 Å². The van der Waals surface area contributed by atoms with Crippen molar-refractivity contribution in [1.29, 1.82) is 0 Å². The Labute approximate surface area is 87.5 Å². The van der Waals surface area contributed by atoms with Crippen molar-refractivity contribution in [3.8, 4) is 0 Å². The van der Waals surface area contributed by atoms with E-state index in [9.17, 15) is 4.39 Å². The summed E-state index contributed by atoms with van der Waals surface area (Å²) in [4.78, 5) is 7.26. The van der Waals surface area contributed by atoms with E-state index in [1.165, 1.54) is 0 Å². The van der Waals surface area contributed by atoms with Gasteiger partial charge >= 0.3 is 0 Å². The van der Waals surface area contributed by atoms with E-state index in [-0.39, 0.29) is 18.4 Å². The fraction of sp³-hybridized carbons (Fsp3) is 0.556. The van der Waals surface area contributed by atoms with Gasteiger partial charge in [-0.2, -0.15) is 4.98 Å². The number of aliphatic hydroxyl groups is 1. The Balaban J connectivity index is 2.83. The SMILES string of the molecule is CC(C)(CCO)Nc1nc(N)ncc1F. The minimum Gasteiger partial charge on any atom is -0.396 e. The molecule has 0 fully saturated rings. The maximum atomic E-state index is 13.2. The van der Waals surface area contributed by atoms with E-state index < -0.39 is 11.4 Å². The van der Waals surface area contributed by atoms with Gasteiger partial charge in [-0.15, -0.1) is 0 Å². The molecule has 0 saturated heterocycles. The highest BCUT2D eigenvalue weighted by atomic mass is 19.1. The quantitative estimate of drug-likeness (QED) is 0.689. The van der Waals surface area contributed by atoms with Gasteiger partial charge in [0.05, 0.1) is 6.20 Å². The molecule has 6 heteroatoms. The Morgan fingerprint density at radius 1 is 1.60 bits per heavy atom. The van der Waals surface area contributed by atoms with Crippen LogP contribution in [0.15, 0.2) is 6.20 Å². The molecule has 0 aliphatic heterocycles. The third kappa shape index (κ3) is 3.32. The van der Waals surface area contributed by atoms with Gasteiger partial charge in [0, 0.05) is 12.1 Å². The molecule has 0 saturated carbocycles. The molecule has 1 aromatic heterocycles. The van der Waals surface area contributed by atoms with Crippen LogP contribution in [0.25, 0.3) is 0 Å². The number of aliphatic hydroxyl groups excluding tert-OH is 1. The number of nitrogens with one attached hydrogen (secondary N) is 1. The van der Waals surface area contributed by atoms with Crippen LogP contribution in [0.3, 0.4) is 0 Å². The molecule has 84 valence electrons. The maximum absolute atomic E-state index is 13.2. The molecule has 1 heterocycles. The molecular weight excluding hydrogens is 199 g/mol. The van der Waals surface area contributed by atoms with Crippen molar-refractivity contribution >= 4 is 11.8 Å². The number of rotatable bonds is 4. The average molecular weight is 214 g/mol. The van der Waals surface area contributed by atoms with Crippen molar-refractivity contribution in [3.63, 3.8) is 0 Å². The Bertz CT molecular complexity index is 343. The number of halogens is 1. The fourth-order valence-corrected chi connectivity index (χ4v) is 1.13. The zero-order valence-electron chi connectivity index (χ0n) is 8.79. The smallest absolute Gasteiger partial charge is 0.222 e. The zero-order valence-corrected chi connectivity index (χ0v) is 8.79. The molecule has 0 amide bonds. The van der Waals surface area contributed by atoms with Crippen molar-refractivity contribution < 1.29 is 9.50 Å². The van der Waals surface area contributed by atoms with Gasteiger partial charge in [-0.3, -0.25) is 0 Å². The molecule has 0 aliphatic carbocycles. The summed E-state index contributed by atoms with van der Waals surface area (Å²) in [5.41, 5.74) is 4.89. The van der Waals surface area contributed by atoms with E-state index in [0.717, 1.165) is 6.20 Å². The van der Waals surface area contributed by atoms with Crippen molar-refractivity contribution in [2.45, 2.75) is 25.8 Å². The molecule has 1 rings (SSSR count). The summed E-state index contributed by atoms with van der Waals surface area (Å²) in [7, 11) is 0. The highest BCUT2D eigenvalue weighted by Gasteiger charge is 2.19. The molecule has 0 radical (unpaired) electrons. The van der Waals surface area contributed by atoms with Crippen LogP contribution < -0.4 is 11.1 Å². The summed E-state index contributed by atoms with van der Waals surface area (Å²) in [6.07, 6.45) is 1.50. The topological polar surface area (TPSA) is 84.1 Å². The summed E-state index contributed by atoms with van der Waals surface area (Å²) >= 11 is 0. The largest absolute Gasteiger partial charge is 0.396 e. The number of hydrogen-bond acceptors (Lipinski definition) is 5. The molecular formula is C9H15FN4O. The first-order chi connectivity index (χ1) is 6.94. The average Bonchev–Trinajstić information content (AvgIpc) is 2.10. The number of aromatic nitrogens is 2. The summed E-state index contributed by atoms with van der Waals surface area (Å²) < 4.78 is 13.2. The minimum atomic E-state index is -0.560. The van der Waals surface area contributed by atoms with Crippen LogP contribution in [0.1, 0.15) is 20.3 Å². The van der Waals surface area contributed by atoms with E-state index in [1.54, 1.807) is 0 Å². The molecule has 0 atom stereocenters. The predicted octanol–water partition coefficient (Wildman–Crippen LogP) is 0.771. The molecule has 0 spiro atoms. The molecule has 5 nitrogen and oxygen atoms in total. The van der Waals surface area contributed by atoms with Gasteiger partial charge in [0.2, 0.25) is 5.95 Å². The maximum Gasteiger partial charge on any atom is 0.222 e. The third-order valence-corrected chi connectivity index (χ3v) is 1.96. The van der Waals surface area contributed by atoms with E-state index in [2.05, 4.69) is 15.3 Å². The lowest BCUT2D eigenvalue weighted by Crippen LogP contribution is -2.33. The Morgan fingerprint density at radius 3 is 2.87 bits per heavy atom. The summed E-state index contributed by atoms with van der Waals surface area (Å²) in [6.45, 7) is 3.68. The lowest BCUT2D eigenvalue weighted by Gasteiger charge is -2.26. The van der Waals surface area contributed by atoms with Gasteiger partial charge in [-0.25, -0.2) is 9.37 Å². The van der Waals surface area contributed by atoms with Crippen LogP contribution in [-0.2, 0) is 0 Å². The molecule has 0 aliphatic rings. The second-order valence-electron chi connectivity index (χ2n) is 3.91. The molecule has 0 unspecified atom stereocenters. The van der Waals surface area contributed by atoms with Crippen LogP contribution in [0.2, 0.25) is 0 Å². The number of anilines is 2. The van der Waals surface area contributed by atoms with Gasteiger partial charge in [0.1, 0.15) is 0 Å². The van der Waals surface area contributed by atoms with Gasteiger partial charge in [0.25, 0.3) is 0 Å². The highest BCUT2D eigenvalue weighted by Crippen LogP contribution is 2.18. The van der Waals surface area contributed by atoms with Crippen LogP contribution in [0.4, 0.5) is 16.2 Å². The third-order valence-electron chi connectivity index (χ3n) is 1.96. The number of nitrogen functional groups attached to an aromatic ring is 1. The summed E-state index contributed by atoms with van der Waals surface area (Å²) in [5, 5.41) is 11.7. The first-order valence-corrected chi connectivity index (χ1v) is 4.62. The molecule has 1 aromatic rings. The van der Waals surface area contributed by atoms with Gasteiger partial charge in [-0.05, 0) is 20.3 Å². The lowest BCUT2D eigenvalue weighted by molar-refractivity contribution is 0.260. The standard InChI is InChI=1S/C9H15FN4O/c1-9(2,3-4-15)14-7-6(10)5-12-8(11)13-7/h5,15H,3-4H2,1-2H3,(H3,11,12,13,14). The Morgan fingerprint density at radius 2 is 2.27 bits per heavy atom. The molecule has 0 aromatic carbocycles. The molecule has 4 N–H and O–H groups in total. The molecule has 0 bridgehead atoms. The van der Waals surface area contributed by atoms with Crippen LogP contribution in [-0.4, -0.2) is 27.2 Å². The number of hydrogen-bond donors (Lipinski definition) is 3. The van der Waals surface area contributed by atoms with Gasteiger partial charge < -0.3 is 16.2 Å². The normalized spacial score (nSPS) is 11.5. The van der Waals surface area contributed by atoms with Crippen molar-refractivity contribution in [2.75, 3.05) is 17.7 Å².